The van der Waals surface area contributed by atoms with Crippen LogP contribution in [0, 0.1) is 6.92 Å². The van der Waals surface area contributed by atoms with E-state index < -0.39 is 0 Å². The van der Waals surface area contributed by atoms with Gasteiger partial charge in [-0.1, -0.05) is 0 Å². The molecule has 1 atom stereocenters. The first kappa shape index (κ1) is 15.0. The average Bonchev–Trinajstić information content (AvgIpc) is 2.96. The molecule has 126 valence electrons. The van der Waals surface area contributed by atoms with Crippen LogP contribution in [-0.4, -0.2) is 27.4 Å². The van der Waals surface area contributed by atoms with Crippen LogP contribution >= 0.6 is 0 Å². The molecule has 2 N–H and O–H groups in total. The number of hydrogen-bond donors (Lipinski definition) is 2. The topological polar surface area (TPSA) is 81.1 Å². The van der Waals surface area contributed by atoms with E-state index in [4.69, 9.17) is 4.74 Å². The first-order valence-corrected chi connectivity index (χ1v) is 8.43. The van der Waals surface area contributed by atoms with Gasteiger partial charge in [0.15, 0.2) is 0 Å². The smallest absolute Gasteiger partial charge is 0.319 e. The van der Waals surface area contributed by atoms with Crippen molar-refractivity contribution in [1.29, 1.82) is 0 Å². The molecule has 2 aliphatic rings. The molecule has 7 nitrogen and oxygen atoms in total. The van der Waals surface area contributed by atoms with Crippen molar-refractivity contribution >= 4 is 11.7 Å². The van der Waals surface area contributed by atoms with Gasteiger partial charge < -0.3 is 15.4 Å². The van der Waals surface area contributed by atoms with E-state index in [1.807, 2.05) is 29.8 Å². The molecule has 1 aromatic carbocycles. The molecule has 0 fully saturated rings. The molecular formula is C17H21N5O2. The predicted octanol–water partition coefficient (Wildman–Crippen LogP) is 2.57. The van der Waals surface area contributed by atoms with Crippen LogP contribution in [0.3, 0.4) is 0 Å². The van der Waals surface area contributed by atoms with Crippen molar-refractivity contribution in [3.8, 4) is 5.75 Å². The molecule has 1 aromatic heterocycles. The molecule has 24 heavy (non-hydrogen) atoms. The molecule has 2 aromatic rings. The minimum absolute atomic E-state index is 0.0964. The van der Waals surface area contributed by atoms with Crippen molar-refractivity contribution in [1.82, 2.24) is 20.1 Å². The number of anilines is 1. The molecule has 0 saturated carbocycles. The van der Waals surface area contributed by atoms with Crippen molar-refractivity contribution in [3.63, 3.8) is 0 Å². The van der Waals surface area contributed by atoms with Crippen molar-refractivity contribution in [2.24, 2.45) is 0 Å². The molecule has 2 aliphatic heterocycles. The van der Waals surface area contributed by atoms with Crippen molar-refractivity contribution in [2.45, 2.75) is 45.2 Å². The van der Waals surface area contributed by atoms with Crippen molar-refractivity contribution in [2.75, 3.05) is 11.9 Å². The van der Waals surface area contributed by atoms with Crippen LogP contribution in [0.5, 0.6) is 5.75 Å². The summed E-state index contributed by atoms with van der Waals surface area (Å²) in [6.45, 7) is 3.50. The normalized spacial score (nSPS) is 19.0. The molecule has 3 heterocycles. The van der Waals surface area contributed by atoms with E-state index >= 15 is 0 Å². The highest BCUT2D eigenvalue weighted by atomic mass is 16.5. The van der Waals surface area contributed by atoms with Crippen LogP contribution in [0.2, 0.25) is 0 Å². The predicted molar refractivity (Wildman–Crippen MR) is 89.1 cm³/mol. The second-order valence-electron chi connectivity index (χ2n) is 6.31. The molecular weight excluding hydrogens is 306 g/mol. The van der Waals surface area contributed by atoms with Crippen LogP contribution in [0.15, 0.2) is 18.2 Å². The third-order valence-corrected chi connectivity index (χ3v) is 4.45. The quantitative estimate of drug-likeness (QED) is 0.888. The van der Waals surface area contributed by atoms with Crippen LogP contribution in [0.4, 0.5) is 10.5 Å². The van der Waals surface area contributed by atoms with Crippen LogP contribution < -0.4 is 15.4 Å². The Morgan fingerprint density at radius 1 is 1.38 bits per heavy atom. The van der Waals surface area contributed by atoms with Crippen LogP contribution in [0.1, 0.15) is 42.5 Å². The van der Waals surface area contributed by atoms with Gasteiger partial charge in [0.25, 0.3) is 0 Å². The number of amides is 2. The lowest BCUT2D eigenvalue weighted by Gasteiger charge is -2.23. The van der Waals surface area contributed by atoms with Gasteiger partial charge in [0, 0.05) is 12.2 Å². The fourth-order valence-electron chi connectivity index (χ4n) is 3.37. The zero-order valence-electron chi connectivity index (χ0n) is 13.7. The maximum absolute atomic E-state index is 12.4. The minimum atomic E-state index is -0.217. The van der Waals surface area contributed by atoms with Gasteiger partial charge in [-0.15, -0.1) is 0 Å². The Kier molecular flexibility index (Phi) is 3.84. The standard InChI is InChI=1S/C17H21N5O2/c1-11-18-16-14(5-2-8-22(16)21-11)20-17(23)19-13-6-7-15-12(10-13)4-3-9-24-15/h6-7,10,14H,2-5,8-9H2,1H3,(H2,19,20,23). The second-order valence-corrected chi connectivity index (χ2v) is 6.31. The molecule has 0 spiro atoms. The Morgan fingerprint density at radius 3 is 3.21 bits per heavy atom. The lowest BCUT2D eigenvalue weighted by atomic mass is 10.1. The summed E-state index contributed by atoms with van der Waals surface area (Å²) in [7, 11) is 0. The number of carbonyl (C=O) groups is 1. The summed E-state index contributed by atoms with van der Waals surface area (Å²) >= 11 is 0. The van der Waals surface area contributed by atoms with E-state index in [-0.39, 0.29) is 12.1 Å². The summed E-state index contributed by atoms with van der Waals surface area (Å²) in [6.07, 6.45) is 3.86. The summed E-state index contributed by atoms with van der Waals surface area (Å²) in [5.41, 5.74) is 1.93. The number of benzene rings is 1. The SMILES string of the molecule is Cc1nc2n(n1)CCCC2NC(=O)Nc1ccc2c(c1)CCCO2. The van der Waals surface area contributed by atoms with Gasteiger partial charge in [-0.3, -0.25) is 0 Å². The number of fused-ring (bicyclic) bond motifs is 2. The summed E-state index contributed by atoms with van der Waals surface area (Å²) in [5, 5.41) is 10.3. The summed E-state index contributed by atoms with van der Waals surface area (Å²) in [6, 6.07) is 5.47. The number of ether oxygens (including phenoxy) is 1. The second kappa shape index (κ2) is 6.14. The first-order chi connectivity index (χ1) is 11.7. The summed E-state index contributed by atoms with van der Waals surface area (Å²) < 4.78 is 7.49. The minimum Gasteiger partial charge on any atom is -0.493 e. The molecule has 1 unspecified atom stereocenters. The average molecular weight is 327 g/mol. The lowest BCUT2D eigenvalue weighted by Crippen LogP contribution is -2.36. The van der Waals surface area contributed by atoms with E-state index in [9.17, 15) is 4.79 Å². The van der Waals surface area contributed by atoms with Gasteiger partial charge in [-0.05, 0) is 56.4 Å². The molecule has 2 amide bonds. The van der Waals surface area contributed by atoms with Gasteiger partial charge in [0.1, 0.15) is 17.4 Å². The highest BCUT2D eigenvalue weighted by Gasteiger charge is 2.25. The highest BCUT2D eigenvalue weighted by molar-refractivity contribution is 5.89. The number of urea groups is 1. The van der Waals surface area contributed by atoms with E-state index in [0.717, 1.165) is 67.5 Å². The van der Waals surface area contributed by atoms with Crippen molar-refractivity contribution < 1.29 is 9.53 Å². The fourth-order valence-corrected chi connectivity index (χ4v) is 3.37. The fraction of sp³-hybridized carbons (Fsp3) is 0.471. The number of nitrogens with one attached hydrogen (secondary N) is 2. The number of aryl methyl sites for hydroxylation is 3. The zero-order chi connectivity index (χ0) is 16.5. The third-order valence-electron chi connectivity index (χ3n) is 4.45. The molecule has 0 saturated heterocycles. The molecule has 4 rings (SSSR count). The van der Waals surface area contributed by atoms with Gasteiger partial charge in [-0.25, -0.2) is 14.5 Å². The maximum Gasteiger partial charge on any atom is 0.319 e. The van der Waals surface area contributed by atoms with Crippen LogP contribution in [-0.2, 0) is 13.0 Å². The molecule has 0 radical (unpaired) electrons. The van der Waals surface area contributed by atoms with Crippen LogP contribution in [0.25, 0.3) is 0 Å². The Bertz CT molecular complexity index is 770. The Labute approximate surface area is 140 Å². The Morgan fingerprint density at radius 2 is 2.29 bits per heavy atom. The zero-order valence-corrected chi connectivity index (χ0v) is 13.7. The van der Waals surface area contributed by atoms with Gasteiger partial charge in [0.05, 0.1) is 12.6 Å². The lowest BCUT2D eigenvalue weighted by molar-refractivity contribution is 0.244. The van der Waals surface area contributed by atoms with Crippen molar-refractivity contribution in [3.05, 3.63) is 35.4 Å². The molecule has 0 aliphatic carbocycles. The number of rotatable bonds is 2. The van der Waals surface area contributed by atoms with E-state index in [2.05, 4.69) is 20.7 Å². The van der Waals surface area contributed by atoms with E-state index in [0.29, 0.717) is 0 Å². The number of nitrogens with zero attached hydrogens (tertiary/aromatic N) is 3. The number of aromatic nitrogens is 3. The third kappa shape index (κ3) is 2.93. The monoisotopic (exact) mass is 327 g/mol. The van der Waals surface area contributed by atoms with E-state index in [1.165, 1.54) is 0 Å². The summed E-state index contributed by atoms with van der Waals surface area (Å²) in [5.74, 6) is 2.50. The number of hydrogen-bond acceptors (Lipinski definition) is 4. The molecule has 0 bridgehead atoms. The Balaban J connectivity index is 1.44. The largest absolute Gasteiger partial charge is 0.493 e. The van der Waals surface area contributed by atoms with Gasteiger partial charge in [0.2, 0.25) is 0 Å². The highest BCUT2D eigenvalue weighted by Crippen LogP contribution is 2.28. The van der Waals surface area contributed by atoms with Gasteiger partial charge in [-0.2, -0.15) is 5.10 Å². The summed E-state index contributed by atoms with van der Waals surface area (Å²) in [4.78, 5) is 16.8. The van der Waals surface area contributed by atoms with Gasteiger partial charge >= 0.3 is 6.03 Å². The maximum atomic E-state index is 12.4. The first-order valence-electron chi connectivity index (χ1n) is 8.43. The molecule has 7 heteroatoms. The number of carbonyl (C=O) groups excluding carboxylic acids is 1. The Hall–Kier alpha value is -2.57. The van der Waals surface area contributed by atoms with E-state index in [1.54, 1.807) is 0 Å².